The number of hydrogen-bond acceptors (Lipinski definition) is 2. The molecule has 0 saturated heterocycles. The minimum absolute atomic E-state index is 0. The largest absolute Gasteiger partial charge is 1.00 e. The average molecular weight is 147 g/mol. The van der Waals surface area contributed by atoms with Crippen LogP contribution in [0, 0.1) is 5.92 Å². The van der Waals surface area contributed by atoms with Crippen LogP contribution in [-0.4, -0.2) is 15.8 Å². The Morgan fingerprint density at radius 1 is 1.55 bits per heavy atom. The molecule has 4 nitrogen and oxygen atoms in total. The van der Waals surface area contributed by atoms with Gasteiger partial charge in [-0.05, 0) is 25.2 Å². The van der Waals surface area contributed by atoms with E-state index in [1.54, 1.807) is 6.20 Å². The molecule has 5 heteroatoms. The van der Waals surface area contributed by atoms with E-state index in [9.17, 15) is 0 Å². The van der Waals surface area contributed by atoms with Crippen molar-refractivity contribution < 1.29 is 24.3 Å². The molecule has 56 valence electrons. The summed E-state index contributed by atoms with van der Waals surface area (Å²) in [6, 6.07) is 0. The zero-order valence-corrected chi connectivity index (χ0v) is 6.62. The van der Waals surface area contributed by atoms with Gasteiger partial charge in [0.1, 0.15) is 0 Å². The molecule has 1 aromatic rings. The predicted octanol–water partition coefficient (Wildman–Crippen LogP) is -3.43. The maximum atomic E-state index is 3.84. The first kappa shape index (κ1) is 10.7. The summed E-state index contributed by atoms with van der Waals surface area (Å²) in [6.07, 6.45) is 5.57. The quantitative estimate of drug-likeness (QED) is 0.409. The summed E-state index contributed by atoms with van der Waals surface area (Å²) in [4.78, 5) is 0. The van der Waals surface area contributed by atoms with Crippen LogP contribution in [-0.2, 0) is 6.42 Å². The van der Waals surface area contributed by atoms with Crippen molar-refractivity contribution in [3.05, 3.63) is 11.9 Å². The smallest absolute Gasteiger partial charge is 0.412 e. The molecule has 0 spiro atoms. The van der Waals surface area contributed by atoms with E-state index in [0.717, 1.165) is 18.0 Å². The van der Waals surface area contributed by atoms with Gasteiger partial charge in [0.05, 0.1) is 0 Å². The Morgan fingerprint density at radius 2 is 2.27 bits per heavy atom. The number of nitrogens with zero attached hydrogens (tertiary/aromatic N) is 3. The first-order chi connectivity index (χ1) is 4.45. The van der Waals surface area contributed by atoms with Crippen molar-refractivity contribution in [1.82, 2.24) is 15.4 Å². The van der Waals surface area contributed by atoms with Gasteiger partial charge in [0.15, 0.2) is 0 Å². The second-order valence-corrected chi connectivity index (χ2v) is 2.57. The maximum Gasteiger partial charge on any atom is 1.00 e. The van der Waals surface area contributed by atoms with Crippen LogP contribution in [0.1, 0.15) is 18.5 Å². The third-order valence-electron chi connectivity index (χ3n) is 1.63. The standard InChI is InChI=1S/C6H8N3.Li.H2O/c1-2-5(1)3-6-4-7-9-8-6;;/h4-5H,1-3H2;;1H2/q-1;+1;. The molecule has 1 aromatic heterocycles. The van der Waals surface area contributed by atoms with Crippen LogP contribution in [0.4, 0.5) is 0 Å². The Bertz CT molecular complexity index is 186. The first-order valence-corrected chi connectivity index (χ1v) is 3.25. The Kier molecular flexibility index (Phi) is 4.42. The number of hydrogen-bond donors (Lipinski definition) is 0. The fourth-order valence-corrected chi connectivity index (χ4v) is 0.913. The molecule has 0 amide bonds. The van der Waals surface area contributed by atoms with Gasteiger partial charge in [0.25, 0.3) is 0 Å². The zero-order valence-electron chi connectivity index (χ0n) is 6.62. The summed E-state index contributed by atoms with van der Waals surface area (Å²) < 4.78 is 0. The molecule has 0 unspecified atom stereocenters. The van der Waals surface area contributed by atoms with Crippen LogP contribution in [0.2, 0.25) is 0 Å². The molecule has 0 bridgehead atoms. The molecule has 2 N–H and O–H groups in total. The number of aromatic nitrogens is 3. The van der Waals surface area contributed by atoms with Crippen molar-refractivity contribution >= 4 is 0 Å². The fourth-order valence-electron chi connectivity index (χ4n) is 0.913. The van der Waals surface area contributed by atoms with Crippen molar-refractivity contribution in [1.29, 1.82) is 0 Å². The fraction of sp³-hybridized carbons (Fsp3) is 0.667. The molecule has 1 aliphatic carbocycles. The van der Waals surface area contributed by atoms with E-state index in [1.807, 2.05) is 0 Å². The molecule has 11 heavy (non-hydrogen) atoms. The first-order valence-electron chi connectivity index (χ1n) is 3.25. The van der Waals surface area contributed by atoms with Crippen LogP contribution in [0.3, 0.4) is 0 Å². The molecule has 1 saturated carbocycles. The molecule has 0 aliphatic heterocycles. The van der Waals surface area contributed by atoms with Gasteiger partial charge in [0.2, 0.25) is 0 Å². The monoisotopic (exact) mass is 147 g/mol. The molecule has 2 rings (SSSR count). The third-order valence-corrected chi connectivity index (χ3v) is 1.63. The molecule has 1 heterocycles. The van der Waals surface area contributed by atoms with Crippen molar-refractivity contribution in [3.8, 4) is 0 Å². The van der Waals surface area contributed by atoms with Gasteiger partial charge >= 0.3 is 18.9 Å². The van der Waals surface area contributed by atoms with E-state index in [1.165, 1.54) is 12.8 Å². The Hall–Kier alpha value is -0.303. The van der Waals surface area contributed by atoms with Gasteiger partial charge < -0.3 is 15.7 Å². The van der Waals surface area contributed by atoms with Gasteiger partial charge in [-0.25, -0.2) is 0 Å². The van der Waals surface area contributed by atoms with Crippen molar-refractivity contribution in [2.45, 2.75) is 19.3 Å². The summed E-state index contributed by atoms with van der Waals surface area (Å²) in [7, 11) is 0. The Labute approximate surface area is 77.2 Å². The summed E-state index contributed by atoms with van der Waals surface area (Å²) in [5, 5.41) is 11.0. The van der Waals surface area contributed by atoms with Crippen LogP contribution in [0.5, 0.6) is 0 Å². The molecule has 1 aliphatic rings. The van der Waals surface area contributed by atoms with E-state index in [2.05, 4.69) is 15.4 Å². The van der Waals surface area contributed by atoms with E-state index in [4.69, 9.17) is 0 Å². The van der Waals surface area contributed by atoms with Crippen LogP contribution < -0.4 is 24.0 Å². The minimum atomic E-state index is 0. The topological polar surface area (TPSA) is 71.4 Å². The van der Waals surface area contributed by atoms with Crippen LogP contribution in [0.25, 0.3) is 0 Å². The van der Waals surface area contributed by atoms with Gasteiger partial charge in [0, 0.05) is 0 Å². The second-order valence-electron chi connectivity index (χ2n) is 2.57. The minimum Gasteiger partial charge on any atom is -0.412 e. The van der Waals surface area contributed by atoms with Crippen molar-refractivity contribution in [2.75, 3.05) is 0 Å². The van der Waals surface area contributed by atoms with Crippen LogP contribution in [0.15, 0.2) is 6.20 Å². The normalized spacial score (nSPS) is 14.9. The van der Waals surface area contributed by atoms with E-state index in [-0.39, 0.29) is 24.3 Å². The van der Waals surface area contributed by atoms with E-state index in [0.29, 0.717) is 0 Å². The molecule has 0 aromatic carbocycles. The van der Waals surface area contributed by atoms with Gasteiger partial charge in [-0.2, -0.15) is 0 Å². The second kappa shape index (κ2) is 4.55. The van der Waals surface area contributed by atoms with E-state index >= 15 is 0 Å². The van der Waals surface area contributed by atoms with E-state index < -0.39 is 0 Å². The summed E-state index contributed by atoms with van der Waals surface area (Å²) in [5.74, 6) is 0.892. The predicted molar refractivity (Wildman–Crippen MR) is 35.4 cm³/mol. The SMILES string of the molecule is O.[Li+].c1[n-]nnc1CC1CC1. The third kappa shape index (κ3) is 3.06. The molecule has 1 fully saturated rings. The molecular weight excluding hydrogens is 137 g/mol. The average Bonchev–Trinajstić information content (AvgIpc) is 2.46. The van der Waals surface area contributed by atoms with Crippen molar-refractivity contribution in [2.24, 2.45) is 5.92 Å². The molecule has 0 atom stereocenters. The summed E-state index contributed by atoms with van der Waals surface area (Å²) in [6.45, 7) is 0. The molecular formula is C6H10LiN3O. The Balaban J connectivity index is 0.000000500. The Morgan fingerprint density at radius 3 is 2.73 bits per heavy atom. The van der Waals surface area contributed by atoms with Crippen LogP contribution >= 0.6 is 0 Å². The van der Waals surface area contributed by atoms with Gasteiger partial charge in [-0.1, -0.05) is 11.9 Å². The molecule has 0 radical (unpaired) electrons. The van der Waals surface area contributed by atoms with Crippen molar-refractivity contribution in [3.63, 3.8) is 0 Å². The maximum absolute atomic E-state index is 3.84. The zero-order chi connectivity index (χ0) is 6.10. The van der Waals surface area contributed by atoms with Gasteiger partial charge in [-0.15, -0.1) is 0 Å². The summed E-state index contributed by atoms with van der Waals surface area (Å²) >= 11 is 0. The number of rotatable bonds is 2. The summed E-state index contributed by atoms with van der Waals surface area (Å²) in [5.41, 5.74) is 1.05. The van der Waals surface area contributed by atoms with Gasteiger partial charge in [-0.3, -0.25) is 5.21 Å².